The van der Waals surface area contributed by atoms with Gasteiger partial charge in [-0.15, -0.1) is 0 Å². The van der Waals surface area contributed by atoms with Crippen molar-refractivity contribution in [2.75, 3.05) is 13.8 Å². The molecular weight excluding hydrogens is 266 g/mol. The molecule has 0 saturated carbocycles. The van der Waals surface area contributed by atoms with Gasteiger partial charge in [0.1, 0.15) is 11.9 Å². The first kappa shape index (κ1) is 12.6. The molecule has 1 aromatic rings. The number of ether oxygens (including phenoxy) is 4. The van der Waals surface area contributed by atoms with Crippen molar-refractivity contribution in [2.24, 2.45) is 0 Å². The maximum absolute atomic E-state index is 12.0. The highest BCUT2D eigenvalue weighted by molar-refractivity contribution is 5.86. The Morgan fingerprint density at radius 3 is 2.80 bits per heavy atom. The highest BCUT2D eigenvalue weighted by Crippen LogP contribution is 2.35. The van der Waals surface area contributed by atoms with Crippen LogP contribution in [0.4, 0.5) is 4.79 Å². The van der Waals surface area contributed by atoms with E-state index in [1.165, 1.54) is 11.9 Å². The summed E-state index contributed by atoms with van der Waals surface area (Å²) in [6.45, 7) is 1.87. The van der Waals surface area contributed by atoms with E-state index in [0.717, 1.165) is 0 Å². The van der Waals surface area contributed by atoms with Crippen molar-refractivity contribution in [1.82, 2.24) is 4.90 Å². The number of hydrogen-bond acceptors (Lipinski definition) is 6. The van der Waals surface area contributed by atoms with E-state index in [9.17, 15) is 9.59 Å². The summed E-state index contributed by atoms with van der Waals surface area (Å²) in [4.78, 5) is 24.5. The Kier molecular flexibility index (Phi) is 2.89. The van der Waals surface area contributed by atoms with E-state index in [2.05, 4.69) is 0 Å². The number of esters is 1. The molecule has 1 saturated heterocycles. The van der Waals surface area contributed by atoms with Gasteiger partial charge in [-0.1, -0.05) is 0 Å². The first-order valence-electron chi connectivity index (χ1n) is 6.11. The second kappa shape index (κ2) is 4.59. The summed E-state index contributed by atoms with van der Waals surface area (Å²) in [5.41, 5.74) is 0. The molecule has 2 atom stereocenters. The molecule has 1 aromatic carbocycles. The number of hydrogen-bond donors (Lipinski definition) is 0. The van der Waals surface area contributed by atoms with Gasteiger partial charge < -0.3 is 18.9 Å². The third-order valence-electron chi connectivity index (χ3n) is 3.24. The van der Waals surface area contributed by atoms with Crippen molar-refractivity contribution < 1.29 is 28.5 Å². The van der Waals surface area contributed by atoms with Crippen molar-refractivity contribution in [1.29, 1.82) is 0 Å². The highest BCUT2D eigenvalue weighted by atomic mass is 16.7. The van der Waals surface area contributed by atoms with Gasteiger partial charge in [0, 0.05) is 13.1 Å². The quantitative estimate of drug-likeness (QED) is 0.756. The van der Waals surface area contributed by atoms with Crippen molar-refractivity contribution in [3.05, 3.63) is 18.2 Å². The highest BCUT2D eigenvalue weighted by Gasteiger charge is 2.44. The molecule has 0 aromatic heterocycles. The summed E-state index contributed by atoms with van der Waals surface area (Å²) in [5.74, 6) is 1.03. The van der Waals surface area contributed by atoms with Crippen molar-refractivity contribution >= 4 is 12.1 Å². The zero-order chi connectivity index (χ0) is 14.3. The topological polar surface area (TPSA) is 74.3 Å². The summed E-state index contributed by atoms with van der Waals surface area (Å²) < 4.78 is 20.4. The molecular formula is C13H13NO6. The van der Waals surface area contributed by atoms with Gasteiger partial charge >= 0.3 is 12.1 Å². The molecule has 2 aliphatic heterocycles. The Hall–Kier alpha value is -2.44. The van der Waals surface area contributed by atoms with Crippen LogP contribution in [0.25, 0.3) is 0 Å². The van der Waals surface area contributed by atoms with E-state index in [0.29, 0.717) is 17.2 Å². The number of carbonyl (C=O) groups is 2. The van der Waals surface area contributed by atoms with Crippen LogP contribution < -0.4 is 14.2 Å². The summed E-state index contributed by atoms with van der Waals surface area (Å²) in [5, 5.41) is 0. The van der Waals surface area contributed by atoms with Gasteiger partial charge in [-0.2, -0.15) is 0 Å². The summed E-state index contributed by atoms with van der Waals surface area (Å²) in [6.07, 6.45) is -0.950. The maximum atomic E-state index is 12.0. The predicted octanol–water partition coefficient (Wildman–Crippen LogP) is 1.16. The number of rotatable bonds is 2. The van der Waals surface area contributed by atoms with Gasteiger partial charge in [0.05, 0.1) is 0 Å². The van der Waals surface area contributed by atoms with Gasteiger partial charge in [0.25, 0.3) is 0 Å². The lowest BCUT2D eigenvalue weighted by atomic mass is 10.1. The first-order valence-corrected chi connectivity index (χ1v) is 6.11. The molecule has 2 aliphatic rings. The van der Waals surface area contributed by atoms with Crippen LogP contribution in [0.5, 0.6) is 17.2 Å². The normalized spacial score (nSPS) is 22.8. The van der Waals surface area contributed by atoms with Crippen LogP contribution in [0, 0.1) is 0 Å². The smallest absolute Gasteiger partial charge is 0.415 e. The average Bonchev–Trinajstić information content (AvgIpc) is 2.85. The summed E-state index contributed by atoms with van der Waals surface area (Å²) in [6, 6.07) is 4.22. The zero-order valence-electron chi connectivity index (χ0n) is 11.0. The Balaban J connectivity index is 1.68. The molecule has 20 heavy (non-hydrogen) atoms. The Morgan fingerprint density at radius 2 is 2.10 bits per heavy atom. The monoisotopic (exact) mass is 279 g/mol. The van der Waals surface area contributed by atoms with Crippen LogP contribution >= 0.6 is 0 Å². The molecule has 7 heteroatoms. The van der Waals surface area contributed by atoms with Gasteiger partial charge in [-0.05, 0) is 19.1 Å². The number of fused-ring (bicyclic) bond motifs is 1. The number of nitrogens with zero attached hydrogens (tertiary/aromatic N) is 1. The van der Waals surface area contributed by atoms with Crippen molar-refractivity contribution in [3.8, 4) is 17.2 Å². The second-order valence-corrected chi connectivity index (χ2v) is 4.58. The lowest BCUT2D eigenvalue weighted by molar-refractivity contribution is -0.181. The number of benzene rings is 1. The van der Waals surface area contributed by atoms with Crippen LogP contribution in [0.2, 0.25) is 0 Å². The van der Waals surface area contributed by atoms with E-state index in [-0.39, 0.29) is 12.9 Å². The van der Waals surface area contributed by atoms with E-state index in [1.807, 2.05) is 0 Å². The van der Waals surface area contributed by atoms with E-state index < -0.39 is 18.1 Å². The van der Waals surface area contributed by atoms with Gasteiger partial charge in [0.2, 0.25) is 6.79 Å². The Labute approximate surface area is 115 Å². The Bertz CT molecular complexity index is 572. The lowest BCUT2D eigenvalue weighted by Crippen LogP contribution is -2.59. The molecule has 0 radical (unpaired) electrons. The summed E-state index contributed by atoms with van der Waals surface area (Å²) in [7, 11) is 1.50. The van der Waals surface area contributed by atoms with Crippen molar-refractivity contribution in [3.63, 3.8) is 0 Å². The number of amides is 1. The Morgan fingerprint density at radius 1 is 1.35 bits per heavy atom. The molecule has 1 fully saturated rings. The molecule has 0 spiro atoms. The van der Waals surface area contributed by atoms with E-state index >= 15 is 0 Å². The van der Waals surface area contributed by atoms with Crippen LogP contribution in [0.3, 0.4) is 0 Å². The lowest BCUT2D eigenvalue weighted by Gasteiger charge is -2.37. The molecule has 0 N–H and O–H groups in total. The third-order valence-corrected chi connectivity index (χ3v) is 3.24. The minimum absolute atomic E-state index is 0.151. The molecule has 0 aliphatic carbocycles. The zero-order valence-corrected chi connectivity index (χ0v) is 11.0. The van der Waals surface area contributed by atoms with Gasteiger partial charge in [0.15, 0.2) is 17.5 Å². The van der Waals surface area contributed by atoms with Crippen molar-refractivity contribution in [2.45, 2.75) is 19.1 Å². The molecule has 1 amide bonds. The fourth-order valence-corrected chi connectivity index (χ4v) is 2.14. The minimum atomic E-state index is -0.627. The van der Waals surface area contributed by atoms with E-state index in [1.54, 1.807) is 25.1 Å². The second-order valence-electron chi connectivity index (χ2n) is 4.58. The third kappa shape index (κ3) is 2.01. The number of cyclic esters (lactones) is 1. The first-order chi connectivity index (χ1) is 9.56. The number of likely N-dealkylation sites (N-methyl/N-ethyl adjacent to an activating group) is 1. The summed E-state index contributed by atoms with van der Waals surface area (Å²) >= 11 is 0. The number of carbonyl (C=O) groups excluding carboxylic acids is 2. The fraction of sp³-hybridized carbons (Fsp3) is 0.385. The molecule has 7 nitrogen and oxygen atoms in total. The SMILES string of the molecule is C[C@@H]1OC(=O)[C@@H]1N(C)C(=O)Oc1ccc2c(c1)OCO2. The van der Waals surface area contributed by atoms with Crippen LogP contribution in [0.15, 0.2) is 18.2 Å². The standard InChI is InChI=1S/C13H13NO6/c1-7-11(12(15)19-7)14(2)13(16)20-8-3-4-9-10(5-8)18-6-17-9/h3-5,7,11H,6H2,1-2H3/t7-,11+/m0/s1. The van der Waals surface area contributed by atoms with Crippen LogP contribution in [-0.4, -0.2) is 42.9 Å². The molecule has 106 valence electrons. The largest absolute Gasteiger partial charge is 0.458 e. The van der Waals surface area contributed by atoms with Crippen LogP contribution in [0.1, 0.15) is 6.92 Å². The molecule has 0 unspecified atom stereocenters. The molecule has 3 rings (SSSR count). The van der Waals surface area contributed by atoms with Gasteiger partial charge in [-0.3, -0.25) is 4.90 Å². The minimum Gasteiger partial charge on any atom is -0.458 e. The molecule has 2 heterocycles. The predicted molar refractivity (Wildman–Crippen MR) is 65.7 cm³/mol. The maximum Gasteiger partial charge on any atom is 0.415 e. The van der Waals surface area contributed by atoms with E-state index in [4.69, 9.17) is 18.9 Å². The average molecular weight is 279 g/mol. The fourth-order valence-electron chi connectivity index (χ4n) is 2.14. The van der Waals surface area contributed by atoms with Crippen LogP contribution in [-0.2, 0) is 9.53 Å². The van der Waals surface area contributed by atoms with Gasteiger partial charge in [-0.25, -0.2) is 9.59 Å². The molecule has 0 bridgehead atoms.